The molecule has 13 heavy (non-hydrogen) atoms. The lowest BCUT2D eigenvalue weighted by Gasteiger charge is -2.14. The maximum absolute atomic E-state index is 5.86. The molecule has 1 heterocycles. The molecule has 3 nitrogen and oxygen atoms in total. The number of alkyl halides is 1. The van der Waals surface area contributed by atoms with Gasteiger partial charge in [-0.05, 0) is 32.4 Å². The second kappa shape index (κ2) is 5.02. The highest BCUT2D eigenvalue weighted by molar-refractivity contribution is 6.20. The first kappa shape index (κ1) is 10.3. The molecular formula is C9H14ClN3. The zero-order chi connectivity index (χ0) is 9.68. The van der Waals surface area contributed by atoms with Crippen molar-refractivity contribution in [3.05, 3.63) is 18.3 Å². The summed E-state index contributed by atoms with van der Waals surface area (Å²) in [6.07, 6.45) is 2.57. The van der Waals surface area contributed by atoms with Gasteiger partial charge < -0.3 is 5.32 Å². The fraction of sp³-hybridized carbons (Fsp3) is 0.556. The van der Waals surface area contributed by atoms with Crippen LogP contribution in [0.15, 0.2) is 18.3 Å². The van der Waals surface area contributed by atoms with E-state index in [1.165, 1.54) is 0 Å². The number of anilines is 1. The molecule has 0 saturated carbocycles. The average Bonchev–Trinajstić information content (AvgIpc) is 2.04. The molecule has 1 N–H and O–H groups in total. The van der Waals surface area contributed by atoms with Gasteiger partial charge in [0, 0.05) is 17.6 Å². The third-order valence-electron chi connectivity index (χ3n) is 1.64. The second-order valence-corrected chi connectivity index (χ2v) is 3.92. The molecule has 2 atom stereocenters. The minimum Gasteiger partial charge on any atom is -0.366 e. The van der Waals surface area contributed by atoms with Crippen molar-refractivity contribution in [3.8, 4) is 0 Å². The number of hydrogen-bond acceptors (Lipinski definition) is 3. The van der Waals surface area contributed by atoms with Gasteiger partial charge in [0.05, 0.1) is 0 Å². The molecule has 0 saturated heterocycles. The van der Waals surface area contributed by atoms with Crippen LogP contribution in [0.5, 0.6) is 0 Å². The summed E-state index contributed by atoms with van der Waals surface area (Å²) in [7, 11) is 0. The van der Waals surface area contributed by atoms with E-state index in [9.17, 15) is 0 Å². The van der Waals surface area contributed by atoms with Crippen molar-refractivity contribution in [2.24, 2.45) is 0 Å². The summed E-state index contributed by atoms with van der Waals surface area (Å²) < 4.78 is 0. The van der Waals surface area contributed by atoms with Gasteiger partial charge in [-0.15, -0.1) is 16.7 Å². The van der Waals surface area contributed by atoms with E-state index in [0.29, 0.717) is 6.04 Å². The Hall–Kier alpha value is -0.830. The van der Waals surface area contributed by atoms with Crippen molar-refractivity contribution in [1.29, 1.82) is 0 Å². The normalized spacial score (nSPS) is 15.0. The number of nitrogens with zero attached hydrogens (tertiary/aromatic N) is 2. The van der Waals surface area contributed by atoms with Crippen LogP contribution in [0.25, 0.3) is 0 Å². The molecule has 0 aliphatic rings. The quantitative estimate of drug-likeness (QED) is 0.757. The summed E-state index contributed by atoms with van der Waals surface area (Å²) in [5, 5.41) is 11.1. The average molecular weight is 200 g/mol. The SMILES string of the molecule is CC(Cl)CC(C)Nc1cccnn1. The number of aromatic nitrogens is 2. The van der Waals surface area contributed by atoms with Crippen LogP contribution >= 0.6 is 11.6 Å². The van der Waals surface area contributed by atoms with Crippen LogP contribution in [0, 0.1) is 0 Å². The largest absolute Gasteiger partial charge is 0.366 e. The summed E-state index contributed by atoms with van der Waals surface area (Å²) in [4.78, 5) is 0. The van der Waals surface area contributed by atoms with Crippen LogP contribution in [0.2, 0.25) is 0 Å². The first-order chi connectivity index (χ1) is 6.18. The molecule has 1 aromatic rings. The Bertz CT molecular complexity index is 238. The van der Waals surface area contributed by atoms with Crippen LogP contribution in [-0.2, 0) is 0 Å². The summed E-state index contributed by atoms with van der Waals surface area (Å²) >= 11 is 5.86. The molecule has 0 aromatic carbocycles. The predicted octanol–water partition coefficient (Wildman–Crippen LogP) is 2.29. The lowest BCUT2D eigenvalue weighted by Crippen LogP contribution is -2.19. The molecule has 0 amide bonds. The molecule has 1 aromatic heterocycles. The molecule has 0 aliphatic heterocycles. The van der Waals surface area contributed by atoms with Crippen LogP contribution in [-0.4, -0.2) is 21.6 Å². The Balaban J connectivity index is 2.41. The Kier molecular flexibility index (Phi) is 3.96. The Morgan fingerprint density at radius 1 is 1.54 bits per heavy atom. The van der Waals surface area contributed by atoms with Crippen molar-refractivity contribution in [2.45, 2.75) is 31.7 Å². The highest BCUT2D eigenvalue weighted by Crippen LogP contribution is 2.08. The molecule has 0 bridgehead atoms. The minimum absolute atomic E-state index is 0.180. The molecule has 1 rings (SSSR count). The van der Waals surface area contributed by atoms with Gasteiger partial charge in [-0.25, -0.2) is 0 Å². The van der Waals surface area contributed by atoms with Crippen molar-refractivity contribution in [3.63, 3.8) is 0 Å². The Morgan fingerprint density at radius 2 is 2.31 bits per heavy atom. The van der Waals surface area contributed by atoms with Gasteiger partial charge in [-0.3, -0.25) is 0 Å². The molecule has 0 radical (unpaired) electrons. The lowest BCUT2D eigenvalue weighted by molar-refractivity contribution is 0.691. The molecular weight excluding hydrogens is 186 g/mol. The van der Waals surface area contributed by atoms with Gasteiger partial charge in [-0.1, -0.05) is 0 Å². The van der Waals surface area contributed by atoms with E-state index in [1.54, 1.807) is 6.20 Å². The van der Waals surface area contributed by atoms with Crippen LogP contribution < -0.4 is 5.32 Å². The lowest BCUT2D eigenvalue weighted by atomic mass is 10.2. The van der Waals surface area contributed by atoms with E-state index in [2.05, 4.69) is 22.4 Å². The smallest absolute Gasteiger partial charge is 0.148 e. The van der Waals surface area contributed by atoms with E-state index < -0.39 is 0 Å². The van der Waals surface area contributed by atoms with Crippen molar-refractivity contribution in [1.82, 2.24) is 10.2 Å². The van der Waals surface area contributed by atoms with E-state index in [0.717, 1.165) is 12.2 Å². The Labute approximate surface area is 83.5 Å². The molecule has 0 spiro atoms. The zero-order valence-electron chi connectivity index (χ0n) is 7.87. The van der Waals surface area contributed by atoms with E-state index in [-0.39, 0.29) is 5.38 Å². The standard InChI is InChI=1S/C9H14ClN3/c1-7(10)6-8(2)12-9-4-3-5-11-13-9/h3-5,7-8H,6H2,1-2H3,(H,12,13). The maximum atomic E-state index is 5.86. The summed E-state index contributed by atoms with van der Waals surface area (Å²) in [6.45, 7) is 4.06. The molecule has 2 unspecified atom stereocenters. The maximum Gasteiger partial charge on any atom is 0.148 e. The first-order valence-corrected chi connectivity index (χ1v) is 4.80. The minimum atomic E-state index is 0.180. The predicted molar refractivity (Wildman–Crippen MR) is 55.0 cm³/mol. The number of nitrogens with one attached hydrogen (secondary N) is 1. The van der Waals surface area contributed by atoms with Crippen LogP contribution in [0.3, 0.4) is 0 Å². The summed E-state index contributed by atoms with van der Waals surface area (Å²) in [5.74, 6) is 0.798. The number of hydrogen-bond donors (Lipinski definition) is 1. The van der Waals surface area contributed by atoms with Gasteiger partial charge in [0.1, 0.15) is 5.82 Å². The van der Waals surface area contributed by atoms with Crippen LogP contribution in [0.1, 0.15) is 20.3 Å². The summed E-state index contributed by atoms with van der Waals surface area (Å²) in [6, 6.07) is 4.07. The van der Waals surface area contributed by atoms with E-state index in [4.69, 9.17) is 11.6 Å². The van der Waals surface area contributed by atoms with E-state index in [1.807, 2.05) is 19.1 Å². The van der Waals surface area contributed by atoms with Crippen molar-refractivity contribution >= 4 is 17.4 Å². The Morgan fingerprint density at radius 3 is 2.85 bits per heavy atom. The highest BCUT2D eigenvalue weighted by atomic mass is 35.5. The van der Waals surface area contributed by atoms with Gasteiger partial charge in [0.15, 0.2) is 0 Å². The van der Waals surface area contributed by atoms with Gasteiger partial charge in [0.2, 0.25) is 0 Å². The van der Waals surface area contributed by atoms with Gasteiger partial charge in [0.25, 0.3) is 0 Å². The molecule has 0 aliphatic carbocycles. The number of halogens is 1. The molecule has 72 valence electrons. The highest BCUT2D eigenvalue weighted by Gasteiger charge is 2.05. The topological polar surface area (TPSA) is 37.8 Å². The van der Waals surface area contributed by atoms with Crippen molar-refractivity contribution < 1.29 is 0 Å². The van der Waals surface area contributed by atoms with Gasteiger partial charge in [-0.2, -0.15) is 5.10 Å². The fourth-order valence-electron chi connectivity index (χ4n) is 1.18. The summed E-state index contributed by atoms with van der Waals surface area (Å²) in [5.41, 5.74) is 0. The second-order valence-electron chi connectivity index (χ2n) is 3.17. The van der Waals surface area contributed by atoms with Crippen LogP contribution in [0.4, 0.5) is 5.82 Å². The van der Waals surface area contributed by atoms with Gasteiger partial charge >= 0.3 is 0 Å². The third-order valence-corrected chi connectivity index (χ3v) is 1.82. The fourth-order valence-corrected chi connectivity index (χ4v) is 1.44. The number of rotatable bonds is 4. The monoisotopic (exact) mass is 199 g/mol. The zero-order valence-corrected chi connectivity index (χ0v) is 8.62. The first-order valence-electron chi connectivity index (χ1n) is 4.37. The molecule has 4 heteroatoms. The van der Waals surface area contributed by atoms with E-state index >= 15 is 0 Å². The van der Waals surface area contributed by atoms with Crippen molar-refractivity contribution in [2.75, 3.05) is 5.32 Å². The molecule has 0 fully saturated rings. The third kappa shape index (κ3) is 4.08.